The van der Waals surface area contributed by atoms with Gasteiger partial charge in [-0.2, -0.15) is 5.10 Å². The molecule has 2 aliphatic rings. The summed E-state index contributed by atoms with van der Waals surface area (Å²) in [4.78, 5) is 35.0. The molecule has 1 fully saturated rings. The predicted molar refractivity (Wildman–Crippen MR) is 77.9 cm³/mol. The van der Waals surface area contributed by atoms with Gasteiger partial charge in [-0.15, -0.1) is 11.3 Å². The molecule has 1 atom stereocenters. The van der Waals surface area contributed by atoms with E-state index in [4.69, 9.17) is 0 Å². The van der Waals surface area contributed by atoms with Crippen LogP contribution in [0.5, 0.6) is 0 Å². The van der Waals surface area contributed by atoms with E-state index >= 15 is 0 Å². The number of carbonyl (C=O) groups is 3. The molecule has 0 aliphatic carbocycles. The van der Waals surface area contributed by atoms with E-state index in [0.717, 1.165) is 16.6 Å². The Kier molecular flexibility index (Phi) is 3.52. The fraction of sp³-hybridized carbons (Fsp3) is 0.167. The first-order valence-electron chi connectivity index (χ1n) is 5.92. The Hall–Kier alpha value is -2.13. The molecular weight excluding hydrogens is 314 g/mol. The summed E-state index contributed by atoms with van der Waals surface area (Å²) in [5.74, 6) is -1.56. The summed E-state index contributed by atoms with van der Waals surface area (Å²) < 4.78 is 0. The summed E-state index contributed by atoms with van der Waals surface area (Å²) in [6, 6.07) is 2.84. The summed E-state index contributed by atoms with van der Waals surface area (Å²) >= 11 is 2.20. The largest absolute Gasteiger partial charge is 0.480 e. The lowest BCUT2D eigenvalue weighted by molar-refractivity contribution is -0.141. The zero-order valence-electron chi connectivity index (χ0n) is 10.5. The Morgan fingerprint density at radius 1 is 1.52 bits per heavy atom. The minimum Gasteiger partial charge on any atom is -0.480 e. The van der Waals surface area contributed by atoms with Crippen molar-refractivity contribution in [2.24, 2.45) is 5.10 Å². The number of thiophene rings is 1. The van der Waals surface area contributed by atoms with E-state index in [0.29, 0.717) is 5.71 Å². The number of hydrogen-bond donors (Lipinski definition) is 2. The zero-order valence-corrected chi connectivity index (χ0v) is 12.1. The minimum atomic E-state index is -1.03. The van der Waals surface area contributed by atoms with Crippen molar-refractivity contribution < 1.29 is 19.5 Å². The molecule has 0 aromatic carbocycles. The molecule has 2 amide bonds. The number of rotatable bonds is 3. The molecule has 1 saturated heterocycles. The maximum Gasteiger partial charge on any atom is 0.328 e. The van der Waals surface area contributed by atoms with Gasteiger partial charge in [-0.3, -0.25) is 19.9 Å². The van der Waals surface area contributed by atoms with Crippen molar-refractivity contribution in [3.05, 3.63) is 33.5 Å². The van der Waals surface area contributed by atoms with Crippen LogP contribution in [0.3, 0.4) is 0 Å². The highest BCUT2D eigenvalue weighted by Gasteiger charge is 2.34. The highest BCUT2D eigenvalue weighted by atomic mass is 32.2. The van der Waals surface area contributed by atoms with E-state index < -0.39 is 23.2 Å². The van der Waals surface area contributed by atoms with Crippen LogP contribution in [0.4, 0.5) is 4.79 Å². The van der Waals surface area contributed by atoms with Crippen LogP contribution in [0.25, 0.3) is 0 Å². The molecule has 2 aliphatic heterocycles. The van der Waals surface area contributed by atoms with Crippen LogP contribution in [0, 0.1) is 0 Å². The van der Waals surface area contributed by atoms with Crippen molar-refractivity contribution in [1.82, 2.24) is 10.3 Å². The Balaban J connectivity index is 1.90. The molecule has 2 N–H and O–H groups in total. The molecule has 108 valence electrons. The normalized spacial score (nSPS) is 23.6. The van der Waals surface area contributed by atoms with Crippen LogP contribution in [0.15, 0.2) is 33.7 Å². The molecule has 21 heavy (non-hydrogen) atoms. The number of carboxylic acids is 1. The second-order valence-corrected chi connectivity index (χ2v) is 6.26. The van der Waals surface area contributed by atoms with Crippen LogP contribution < -0.4 is 5.32 Å². The number of nitrogens with one attached hydrogen (secondary N) is 1. The van der Waals surface area contributed by atoms with Gasteiger partial charge in [-0.05, 0) is 23.2 Å². The van der Waals surface area contributed by atoms with Gasteiger partial charge in [0, 0.05) is 12.6 Å². The third kappa shape index (κ3) is 2.69. The first kappa shape index (κ1) is 13.8. The smallest absolute Gasteiger partial charge is 0.328 e. The number of thioether (sulfide) groups is 1. The van der Waals surface area contributed by atoms with Crippen molar-refractivity contribution in [1.29, 1.82) is 0 Å². The third-order valence-electron chi connectivity index (χ3n) is 2.92. The molecule has 0 saturated carbocycles. The van der Waals surface area contributed by atoms with Gasteiger partial charge >= 0.3 is 5.97 Å². The highest BCUT2D eigenvalue weighted by molar-refractivity contribution is 8.18. The number of carbonyl (C=O) groups excluding carboxylic acids is 2. The van der Waals surface area contributed by atoms with Crippen LogP contribution in [0.2, 0.25) is 0 Å². The molecule has 3 rings (SSSR count). The van der Waals surface area contributed by atoms with Gasteiger partial charge < -0.3 is 5.11 Å². The van der Waals surface area contributed by atoms with E-state index in [1.54, 1.807) is 0 Å². The lowest BCUT2D eigenvalue weighted by atomic mass is 10.1. The summed E-state index contributed by atoms with van der Waals surface area (Å²) in [5, 5.41) is 18.3. The fourth-order valence-corrected chi connectivity index (χ4v) is 3.34. The van der Waals surface area contributed by atoms with Crippen LogP contribution in [0.1, 0.15) is 11.3 Å². The standard InChI is InChI=1S/C12H9N3O4S2/c16-10-9(21-12(19)13-10)5-15-7(11(17)18)4-6(14-15)8-2-1-3-20-8/h1-3,5,7H,4H2,(H,17,18)(H,13,16,19)/b9-5-/t7-/m1/s1. The van der Waals surface area contributed by atoms with Gasteiger partial charge in [0.25, 0.3) is 11.1 Å². The van der Waals surface area contributed by atoms with Crippen LogP contribution >= 0.6 is 23.1 Å². The summed E-state index contributed by atoms with van der Waals surface area (Å²) in [6.45, 7) is 0. The Morgan fingerprint density at radius 3 is 2.90 bits per heavy atom. The molecule has 0 bridgehead atoms. The first-order chi connectivity index (χ1) is 10.0. The van der Waals surface area contributed by atoms with Crippen molar-refractivity contribution in [2.75, 3.05) is 0 Å². The monoisotopic (exact) mass is 323 g/mol. The fourth-order valence-electron chi connectivity index (χ4n) is 1.97. The molecular formula is C12H9N3O4S2. The second-order valence-electron chi connectivity index (χ2n) is 4.30. The highest BCUT2D eigenvalue weighted by Crippen LogP contribution is 2.28. The maximum absolute atomic E-state index is 11.5. The van der Waals surface area contributed by atoms with Crippen molar-refractivity contribution in [3.63, 3.8) is 0 Å². The molecule has 0 unspecified atom stereocenters. The van der Waals surface area contributed by atoms with Crippen LogP contribution in [-0.4, -0.2) is 39.0 Å². The van der Waals surface area contributed by atoms with Gasteiger partial charge in [0.15, 0.2) is 6.04 Å². The van der Waals surface area contributed by atoms with E-state index in [-0.39, 0.29) is 11.3 Å². The summed E-state index contributed by atoms with van der Waals surface area (Å²) in [5.41, 5.74) is 0.656. The third-order valence-corrected chi connectivity index (χ3v) is 4.64. The van der Waals surface area contributed by atoms with Crippen molar-refractivity contribution in [3.8, 4) is 0 Å². The predicted octanol–water partition coefficient (Wildman–Crippen LogP) is 1.44. The quantitative estimate of drug-likeness (QED) is 0.817. The van der Waals surface area contributed by atoms with Gasteiger partial charge in [-0.25, -0.2) is 4.79 Å². The molecule has 7 nitrogen and oxygen atoms in total. The molecule has 9 heteroatoms. The number of nitrogens with zero attached hydrogens (tertiary/aromatic N) is 2. The Bertz CT molecular complexity index is 681. The first-order valence-corrected chi connectivity index (χ1v) is 7.61. The topological polar surface area (TPSA) is 99.1 Å². The van der Waals surface area contributed by atoms with E-state index in [2.05, 4.69) is 10.4 Å². The number of imide groups is 1. The Labute approximate surface area is 127 Å². The Morgan fingerprint density at radius 2 is 2.33 bits per heavy atom. The molecule has 1 aromatic rings. The van der Waals surface area contributed by atoms with Gasteiger partial charge in [-0.1, -0.05) is 6.07 Å². The summed E-state index contributed by atoms with van der Waals surface area (Å²) in [6.07, 6.45) is 1.56. The number of hydrogen-bond acceptors (Lipinski definition) is 7. The lowest BCUT2D eigenvalue weighted by Gasteiger charge is -2.15. The van der Waals surface area contributed by atoms with E-state index in [9.17, 15) is 19.5 Å². The zero-order chi connectivity index (χ0) is 15.0. The second kappa shape index (κ2) is 5.34. The van der Waals surface area contributed by atoms with E-state index in [1.165, 1.54) is 22.5 Å². The molecule has 0 spiro atoms. The summed E-state index contributed by atoms with van der Waals surface area (Å²) in [7, 11) is 0. The number of hydrazone groups is 1. The molecule has 1 aromatic heterocycles. The van der Waals surface area contributed by atoms with E-state index in [1.807, 2.05) is 17.5 Å². The number of amides is 2. The van der Waals surface area contributed by atoms with Gasteiger partial charge in [0.05, 0.1) is 10.6 Å². The number of aliphatic carboxylic acids is 1. The van der Waals surface area contributed by atoms with Crippen LogP contribution in [-0.2, 0) is 9.59 Å². The average molecular weight is 323 g/mol. The number of carboxylic acid groups (broad SMARTS) is 1. The van der Waals surface area contributed by atoms with Crippen molar-refractivity contribution >= 4 is 45.9 Å². The molecule has 3 heterocycles. The van der Waals surface area contributed by atoms with Gasteiger partial charge in [0.2, 0.25) is 0 Å². The lowest BCUT2D eigenvalue weighted by Crippen LogP contribution is -2.31. The average Bonchev–Trinajstić information content (AvgIpc) is 3.11. The maximum atomic E-state index is 11.5. The SMILES string of the molecule is O=C1NC(=O)/C(=C/N2N=C(c3cccs3)C[C@@H]2C(=O)O)S1. The minimum absolute atomic E-state index is 0.141. The molecule has 0 radical (unpaired) electrons. The van der Waals surface area contributed by atoms with Gasteiger partial charge in [0.1, 0.15) is 4.91 Å². The van der Waals surface area contributed by atoms with Crippen molar-refractivity contribution in [2.45, 2.75) is 12.5 Å².